The number of ether oxygens (including phenoxy) is 2. The van der Waals surface area contributed by atoms with E-state index < -0.39 is 12.0 Å². The van der Waals surface area contributed by atoms with Crippen LogP contribution in [-0.2, 0) is 9.53 Å². The summed E-state index contributed by atoms with van der Waals surface area (Å²) >= 11 is 0. The van der Waals surface area contributed by atoms with E-state index in [0.29, 0.717) is 30.7 Å². The largest absolute Gasteiger partial charge is 0.497 e. The van der Waals surface area contributed by atoms with Crippen molar-refractivity contribution in [2.24, 2.45) is 5.92 Å². The molecular weight excluding hydrogens is 478 g/mol. The van der Waals surface area contributed by atoms with Crippen molar-refractivity contribution in [2.75, 3.05) is 54.1 Å². The molecule has 0 N–H and O–H groups in total. The van der Waals surface area contributed by atoms with Crippen LogP contribution in [0.15, 0.2) is 48.5 Å². The third-order valence-corrected chi connectivity index (χ3v) is 8.86. The van der Waals surface area contributed by atoms with Gasteiger partial charge in [-0.3, -0.25) is 9.59 Å². The molecule has 2 amide bonds. The van der Waals surface area contributed by atoms with E-state index in [1.807, 2.05) is 60.5 Å². The standard InChI is InChI=1S/C31H41N3O4/c1-32-29(22-13-15-24(38-3)16-14-22)28(25-10-4-5-11-26(25)30(32)35)31(36)34(19-20-37-2)21-23-9-8-18-33-17-7-6-12-27(23)33/h4-5,10-11,13-16,23,27-29H,6-9,12,17-21H2,1-3H3. The lowest BCUT2D eigenvalue weighted by Gasteiger charge is -2.47. The van der Waals surface area contributed by atoms with Crippen LogP contribution in [0.25, 0.3) is 0 Å². The monoisotopic (exact) mass is 519 g/mol. The number of hydrogen-bond acceptors (Lipinski definition) is 5. The molecule has 2 aromatic carbocycles. The molecule has 5 rings (SSSR count). The topological polar surface area (TPSA) is 62.3 Å². The number of methoxy groups -OCH3 is 2. The highest BCUT2D eigenvalue weighted by atomic mass is 16.5. The Hall–Kier alpha value is -2.90. The summed E-state index contributed by atoms with van der Waals surface area (Å²) < 4.78 is 10.8. The normalized spacial score (nSPS) is 25.4. The van der Waals surface area contributed by atoms with Gasteiger partial charge in [-0.1, -0.05) is 36.8 Å². The van der Waals surface area contributed by atoms with Crippen LogP contribution in [0.1, 0.15) is 65.5 Å². The van der Waals surface area contributed by atoms with Gasteiger partial charge in [0.25, 0.3) is 5.91 Å². The van der Waals surface area contributed by atoms with E-state index in [0.717, 1.165) is 29.8 Å². The molecule has 2 fully saturated rings. The van der Waals surface area contributed by atoms with Crippen molar-refractivity contribution >= 4 is 11.8 Å². The van der Waals surface area contributed by atoms with Gasteiger partial charge >= 0.3 is 0 Å². The van der Waals surface area contributed by atoms with Crippen LogP contribution >= 0.6 is 0 Å². The maximum Gasteiger partial charge on any atom is 0.254 e. The van der Waals surface area contributed by atoms with Crippen molar-refractivity contribution in [1.82, 2.24) is 14.7 Å². The fourth-order valence-electron chi connectivity index (χ4n) is 6.92. The highest BCUT2D eigenvalue weighted by molar-refractivity contribution is 6.01. The summed E-state index contributed by atoms with van der Waals surface area (Å²) in [5.74, 6) is 0.729. The molecule has 0 aromatic heterocycles. The number of amides is 2. The number of rotatable bonds is 8. The van der Waals surface area contributed by atoms with Crippen molar-refractivity contribution in [1.29, 1.82) is 0 Å². The number of nitrogens with zero attached hydrogens (tertiary/aromatic N) is 3. The molecule has 204 valence electrons. The Morgan fingerprint density at radius 1 is 1.00 bits per heavy atom. The molecular formula is C31H41N3O4. The van der Waals surface area contributed by atoms with Crippen LogP contribution in [0, 0.1) is 5.92 Å². The minimum atomic E-state index is -0.495. The van der Waals surface area contributed by atoms with Gasteiger partial charge < -0.3 is 24.2 Å². The molecule has 0 bridgehead atoms. The van der Waals surface area contributed by atoms with Gasteiger partial charge in [-0.25, -0.2) is 0 Å². The zero-order valence-electron chi connectivity index (χ0n) is 23.0. The van der Waals surface area contributed by atoms with Crippen LogP contribution in [0.2, 0.25) is 0 Å². The maximum atomic E-state index is 14.7. The summed E-state index contributed by atoms with van der Waals surface area (Å²) in [5.41, 5.74) is 2.35. The lowest BCUT2D eigenvalue weighted by molar-refractivity contribution is -0.136. The Balaban J connectivity index is 1.51. The molecule has 2 saturated heterocycles. The summed E-state index contributed by atoms with van der Waals surface area (Å²) in [6, 6.07) is 15.5. The first kappa shape index (κ1) is 26.7. The second-order valence-electron chi connectivity index (χ2n) is 11.0. The highest BCUT2D eigenvalue weighted by Crippen LogP contribution is 2.43. The van der Waals surface area contributed by atoms with Gasteiger partial charge in [0.1, 0.15) is 5.75 Å². The van der Waals surface area contributed by atoms with Crippen LogP contribution in [0.3, 0.4) is 0 Å². The van der Waals surface area contributed by atoms with Gasteiger partial charge in [0.15, 0.2) is 0 Å². The van der Waals surface area contributed by atoms with E-state index in [4.69, 9.17) is 9.47 Å². The van der Waals surface area contributed by atoms with E-state index in [9.17, 15) is 9.59 Å². The lowest BCUT2D eigenvalue weighted by atomic mass is 9.78. The van der Waals surface area contributed by atoms with Crippen LogP contribution in [0.4, 0.5) is 0 Å². The Bertz CT molecular complexity index is 1120. The minimum absolute atomic E-state index is 0.0564. The van der Waals surface area contributed by atoms with Gasteiger partial charge in [-0.05, 0) is 74.0 Å². The van der Waals surface area contributed by atoms with E-state index in [1.165, 1.54) is 38.8 Å². The predicted molar refractivity (Wildman–Crippen MR) is 147 cm³/mol. The fraction of sp³-hybridized carbons (Fsp3) is 0.548. The number of carbonyl (C=O) groups is 2. The number of hydrogen-bond donors (Lipinski definition) is 0. The zero-order chi connectivity index (χ0) is 26.6. The van der Waals surface area contributed by atoms with E-state index >= 15 is 0 Å². The molecule has 0 saturated carbocycles. The highest BCUT2D eigenvalue weighted by Gasteiger charge is 2.45. The number of fused-ring (bicyclic) bond motifs is 2. The molecule has 7 nitrogen and oxygen atoms in total. The first-order chi connectivity index (χ1) is 18.5. The third kappa shape index (κ3) is 5.19. The second-order valence-corrected chi connectivity index (χ2v) is 11.0. The Morgan fingerprint density at radius 2 is 1.76 bits per heavy atom. The summed E-state index contributed by atoms with van der Waals surface area (Å²) in [4.78, 5) is 34.5. The number of piperidine rings is 2. The average Bonchev–Trinajstić information content (AvgIpc) is 2.97. The van der Waals surface area contributed by atoms with Gasteiger partial charge in [0, 0.05) is 38.9 Å². The molecule has 3 aliphatic heterocycles. The third-order valence-electron chi connectivity index (χ3n) is 8.86. The molecule has 3 heterocycles. The number of carbonyl (C=O) groups excluding carboxylic acids is 2. The maximum absolute atomic E-state index is 14.7. The van der Waals surface area contributed by atoms with Gasteiger partial charge in [-0.2, -0.15) is 0 Å². The van der Waals surface area contributed by atoms with Gasteiger partial charge in [0.05, 0.1) is 25.7 Å². The molecule has 0 aliphatic carbocycles. The summed E-state index contributed by atoms with van der Waals surface area (Å²) in [5, 5.41) is 0. The second kappa shape index (κ2) is 11.9. The molecule has 3 aliphatic rings. The quantitative estimate of drug-likeness (QED) is 0.519. The Kier molecular flexibility index (Phi) is 8.34. The number of likely N-dealkylation sites (N-methyl/N-ethyl adjacent to an activating group) is 1. The van der Waals surface area contributed by atoms with Crippen LogP contribution in [-0.4, -0.2) is 86.6 Å². The SMILES string of the molecule is COCCN(CC1CCCN2CCCCC12)C(=O)C1c2ccccc2C(=O)N(C)C1c1ccc(OC)cc1. The molecule has 7 heteroatoms. The summed E-state index contributed by atoms with van der Waals surface area (Å²) in [7, 11) is 5.14. The zero-order valence-corrected chi connectivity index (χ0v) is 23.0. The van der Waals surface area contributed by atoms with E-state index in [-0.39, 0.29) is 11.8 Å². The van der Waals surface area contributed by atoms with Crippen molar-refractivity contribution in [3.05, 3.63) is 65.2 Å². The van der Waals surface area contributed by atoms with Crippen molar-refractivity contribution in [3.8, 4) is 5.75 Å². The Morgan fingerprint density at radius 3 is 2.53 bits per heavy atom. The molecule has 4 unspecified atom stereocenters. The Labute approximate surface area is 226 Å². The van der Waals surface area contributed by atoms with Gasteiger partial charge in [0.2, 0.25) is 5.91 Å². The van der Waals surface area contributed by atoms with Crippen molar-refractivity contribution < 1.29 is 19.1 Å². The average molecular weight is 520 g/mol. The van der Waals surface area contributed by atoms with E-state index in [2.05, 4.69) is 4.90 Å². The van der Waals surface area contributed by atoms with Gasteiger partial charge in [-0.15, -0.1) is 0 Å². The first-order valence-corrected chi connectivity index (χ1v) is 14.0. The fourth-order valence-corrected chi connectivity index (χ4v) is 6.92. The first-order valence-electron chi connectivity index (χ1n) is 14.0. The molecule has 0 spiro atoms. The van der Waals surface area contributed by atoms with Crippen molar-refractivity contribution in [3.63, 3.8) is 0 Å². The van der Waals surface area contributed by atoms with Crippen LogP contribution < -0.4 is 4.74 Å². The minimum Gasteiger partial charge on any atom is -0.497 e. The number of benzene rings is 2. The summed E-state index contributed by atoms with van der Waals surface area (Å²) in [6.45, 7) is 4.12. The lowest BCUT2D eigenvalue weighted by Crippen LogP contribution is -2.53. The van der Waals surface area contributed by atoms with Crippen molar-refractivity contribution in [2.45, 2.75) is 50.1 Å². The predicted octanol–water partition coefficient (Wildman–Crippen LogP) is 4.35. The van der Waals surface area contributed by atoms with Crippen LogP contribution in [0.5, 0.6) is 5.75 Å². The van der Waals surface area contributed by atoms with E-state index in [1.54, 1.807) is 19.1 Å². The molecule has 38 heavy (non-hydrogen) atoms. The summed E-state index contributed by atoms with van der Waals surface area (Å²) in [6.07, 6.45) is 6.10. The molecule has 2 aromatic rings. The molecule has 4 atom stereocenters. The smallest absolute Gasteiger partial charge is 0.254 e. The molecule has 0 radical (unpaired) electrons.